The highest BCUT2D eigenvalue weighted by Gasteiger charge is 2.56. The number of hydrogen-bond acceptors (Lipinski definition) is 13. The number of hydrogen-bond donors (Lipinski definition) is 4. The van der Waals surface area contributed by atoms with Crippen molar-refractivity contribution in [3.8, 4) is 5.75 Å². The monoisotopic (exact) mass is 612 g/mol. The molecular formula is C27H32N8O7S. The number of nitrogens with two attached hydrogens (primary N) is 2. The van der Waals surface area contributed by atoms with Crippen molar-refractivity contribution in [2.75, 3.05) is 37.4 Å². The Hall–Kier alpha value is -4.54. The van der Waals surface area contributed by atoms with Crippen LogP contribution in [0, 0.1) is 0 Å². The molecule has 5 rings (SSSR count). The number of nitrogens with one attached hydrogen (secondary N) is 1. The van der Waals surface area contributed by atoms with Crippen molar-refractivity contribution >= 4 is 56.7 Å². The Kier molecular flexibility index (Phi) is 8.34. The molecule has 0 unspecified atom stereocenters. The van der Waals surface area contributed by atoms with Crippen LogP contribution in [0.3, 0.4) is 0 Å². The molecule has 2 aromatic heterocycles. The number of fused-ring (bicyclic) bond motifs is 1. The quantitative estimate of drug-likeness (QED) is 0.127. The molecule has 2 aliphatic heterocycles. The Morgan fingerprint density at radius 3 is 2.65 bits per heavy atom. The average molecular weight is 613 g/mol. The number of anilines is 2. The van der Waals surface area contributed by atoms with Crippen molar-refractivity contribution in [2.45, 2.75) is 44.0 Å². The van der Waals surface area contributed by atoms with Crippen LogP contribution in [0.15, 0.2) is 40.9 Å². The number of amides is 2. The van der Waals surface area contributed by atoms with Gasteiger partial charge in [-0.2, -0.15) is 0 Å². The summed E-state index contributed by atoms with van der Waals surface area (Å²) in [5.41, 5.74) is 11.4. The molecule has 3 aromatic rings. The summed E-state index contributed by atoms with van der Waals surface area (Å²) < 4.78 is 5.85. The molecule has 0 radical (unpaired) electrons. The van der Waals surface area contributed by atoms with Crippen molar-refractivity contribution in [1.29, 1.82) is 0 Å². The zero-order valence-corrected chi connectivity index (χ0v) is 24.5. The number of aromatic nitrogens is 2. The molecule has 2 amide bonds. The molecule has 4 heterocycles. The lowest BCUT2D eigenvalue weighted by Gasteiger charge is -2.51. The van der Waals surface area contributed by atoms with Crippen molar-refractivity contribution in [1.82, 2.24) is 20.3 Å². The highest BCUT2D eigenvalue weighted by atomic mass is 32.1. The second kappa shape index (κ2) is 12.0. The Morgan fingerprint density at radius 1 is 1.26 bits per heavy atom. The molecule has 0 spiro atoms. The van der Waals surface area contributed by atoms with E-state index in [9.17, 15) is 19.5 Å². The smallest absolute Gasteiger partial charge is 0.307 e. The predicted molar refractivity (Wildman–Crippen MR) is 157 cm³/mol. The van der Waals surface area contributed by atoms with Gasteiger partial charge in [-0.05, 0) is 44.2 Å². The number of benzene rings is 1. The molecule has 2 fully saturated rings. The van der Waals surface area contributed by atoms with E-state index in [-0.39, 0.29) is 29.2 Å². The van der Waals surface area contributed by atoms with Crippen LogP contribution in [-0.2, 0) is 24.1 Å². The number of β-lactam (4-membered cyclic amide) rings is 1. The molecule has 16 heteroatoms. The number of nitrogen functional groups attached to an aromatic ring is 1. The minimum absolute atomic E-state index is 0.102. The van der Waals surface area contributed by atoms with Gasteiger partial charge in [0.1, 0.15) is 29.9 Å². The minimum atomic E-state index is -1.16. The molecule has 1 aromatic carbocycles. The van der Waals surface area contributed by atoms with Crippen LogP contribution in [-0.4, -0.2) is 94.2 Å². The molecule has 0 bridgehead atoms. The summed E-state index contributed by atoms with van der Waals surface area (Å²) >= 11 is 1.08. The predicted octanol–water partition coefficient (Wildman–Crippen LogP) is 0.731. The first-order valence-electron chi connectivity index (χ1n) is 13.4. The number of rotatable bonds is 12. The van der Waals surface area contributed by atoms with Crippen LogP contribution in [0.2, 0.25) is 0 Å². The minimum Gasteiger partial charge on any atom is -0.490 e. The summed E-state index contributed by atoms with van der Waals surface area (Å²) in [4.78, 5) is 58.8. The summed E-state index contributed by atoms with van der Waals surface area (Å²) in [5.74, 6) is -1.05. The SMILES string of the molecule is CON1C(=O)[C@@H](NC(=O)/C(=N\O[C@@H](COc2ccc3nc(N4CC(N)C4)ccc3c2)CC(=O)O)c2csc(N)n2)C1(C)C. The van der Waals surface area contributed by atoms with Gasteiger partial charge in [0, 0.05) is 29.9 Å². The molecule has 15 nitrogen and oxygen atoms in total. The van der Waals surface area contributed by atoms with E-state index in [1.807, 2.05) is 18.2 Å². The zero-order chi connectivity index (χ0) is 30.9. The average Bonchev–Trinajstić information content (AvgIpc) is 3.38. The topological polar surface area (TPSA) is 208 Å². The fraction of sp³-hybridized carbons (Fsp3) is 0.407. The number of thiazole rings is 1. The van der Waals surface area contributed by atoms with E-state index < -0.39 is 41.9 Å². The lowest BCUT2D eigenvalue weighted by atomic mass is 9.84. The van der Waals surface area contributed by atoms with E-state index >= 15 is 0 Å². The molecule has 0 saturated carbocycles. The van der Waals surface area contributed by atoms with Gasteiger partial charge in [0.05, 0.1) is 24.6 Å². The Labute approximate surface area is 250 Å². The van der Waals surface area contributed by atoms with Gasteiger partial charge in [-0.3, -0.25) is 19.2 Å². The van der Waals surface area contributed by atoms with Gasteiger partial charge in [0.2, 0.25) is 0 Å². The molecule has 2 aliphatic rings. The number of aliphatic carboxylic acids is 1. The van der Waals surface area contributed by atoms with Crippen molar-refractivity contribution in [3.05, 3.63) is 41.4 Å². The normalized spacial score (nSPS) is 19.0. The highest BCUT2D eigenvalue weighted by molar-refractivity contribution is 7.13. The van der Waals surface area contributed by atoms with E-state index in [1.165, 1.54) is 12.5 Å². The maximum absolute atomic E-state index is 13.3. The van der Waals surface area contributed by atoms with E-state index in [2.05, 4.69) is 25.3 Å². The summed E-state index contributed by atoms with van der Waals surface area (Å²) in [6, 6.07) is 8.40. The second-order valence-corrected chi connectivity index (χ2v) is 11.6. The number of carboxylic acids is 1. The van der Waals surface area contributed by atoms with Crippen molar-refractivity contribution in [2.24, 2.45) is 10.9 Å². The van der Waals surface area contributed by atoms with E-state index in [0.29, 0.717) is 5.75 Å². The van der Waals surface area contributed by atoms with Gasteiger partial charge in [0.25, 0.3) is 11.8 Å². The van der Waals surface area contributed by atoms with Crippen LogP contribution in [0.1, 0.15) is 26.0 Å². The highest BCUT2D eigenvalue weighted by Crippen LogP contribution is 2.31. The Morgan fingerprint density at radius 2 is 2.02 bits per heavy atom. The van der Waals surface area contributed by atoms with Crippen molar-refractivity contribution < 1.29 is 33.9 Å². The lowest BCUT2D eigenvalue weighted by molar-refractivity contribution is -0.245. The van der Waals surface area contributed by atoms with Crippen LogP contribution >= 0.6 is 11.3 Å². The fourth-order valence-corrected chi connectivity index (χ4v) is 5.36. The third-order valence-electron chi connectivity index (χ3n) is 7.13. The third-order valence-corrected chi connectivity index (χ3v) is 7.80. The second-order valence-electron chi connectivity index (χ2n) is 10.7. The summed E-state index contributed by atoms with van der Waals surface area (Å²) in [6.07, 6.45) is -1.54. The number of carbonyl (C=O) groups is 3. The molecule has 6 N–H and O–H groups in total. The zero-order valence-electron chi connectivity index (χ0n) is 23.7. The van der Waals surface area contributed by atoms with Crippen LogP contribution < -0.4 is 26.4 Å². The first kappa shape index (κ1) is 29.9. The Bertz CT molecular complexity index is 1570. The number of carboxylic acid groups (broad SMARTS) is 1. The maximum Gasteiger partial charge on any atom is 0.307 e. The van der Waals surface area contributed by atoms with Gasteiger partial charge in [-0.25, -0.2) is 15.0 Å². The molecule has 228 valence electrons. The van der Waals surface area contributed by atoms with Gasteiger partial charge in [0.15, 0.2) is 16.9 Å². The molecule has 0 aliphatic carbocycles. The van der Waals surface area contributed by atoms with Gasteiger partial charge < -0.3 is 36.4 Å². The molecule has 43 heavy (non-hydrogen) atoms. The summed E-state index contributed by atoms with van der Waals surface area (Å²) in [7, 11) is 1.36. The van der Waals surface area contributed by atoms with Crippen LogP contribution in [0.5, 0.6) is 5.75 Å². The van der Waals surface area contributed by atoms with Crippen LogP contribution in [0.4, 0.5) is 10.9 Å². The molecular weight excluding hydrogens is 580 g/mol. The molecule has 2 saturated heterocycles. The number of ether oxygens (including phenoxy) is 1. The Balaban J connectivity index is 1.29. The number of hydroxylamine groups is 2. The van der Waals surface area contributed by atoms with Crippen molar-refractivity contribution in [3.63, 3.8) is 0 Å². The van der Waals surface area contributed by atoms with E-state index in [4.69, 9.17) is 25.9 Å². The third kappa shape index (κ3) is 6.30. The van der Waals surface area contributed by atoms with Crippen LogP contribution in [0.25, 0.3) is 10.9 Å². The first-order chi connectivity index (χ1) is 20.5. The number of carbonyl (C=O) groups excluding carboxylic acids is 2. The molecule has 2 atom stereocenters. The van der Waals surface area contributed by atoms with E-state index in [1.54, 1.807) is 26.0 Å². The lowest BCUT2D eigenvalue weighted by Crippen LogP contribution is -2.76. The fourth-order valence-electron chi connectivity index (χ4n) is 4.81. The largest absolute Gasteiger partial charge is 0.490 e. The first-order valence-corrected chi connectivity index (χ1v) is 14.2. The number of nitrogens with zero attached hydrogens (tertiary/aromatic N) is 5. The van der Waals surface area contributed by atoms with Gasteiger partial charge in [-0.1, -0.05) is 5.16 Å². The maximum atomic E-state index is 13.3. The summed E-state index contributed by atoms with van der Waals surface area (Å²) in [5, 5.41) is 19.7. The number of pyridine rings is 1. The van der Waals surface area contributed by atoms with E-state index in [0.717, 1.165) is 46.2 Å². The number of oxime groups is 1. The standard InChI is InChI=1S/C27H32N8O7S/c1-27(2)23(25(39)35(27)40-3)32-24(38)22(19-13-43-26(29)31-19)33-42-17(9-21(36)37)12-41-16-5-6-18-14(8-16)4-7-20(30-18)34-10-15(28)11-34/h4-8,13,15,17,23H,9-12,28H2,1-3H3,(H2,29,31)(H,32,38)(H,36,37)/b33-22-/t17-,23-/m1/s1. The van der Waals surface area contributed by atoms with Gasteiger partial charge >= 0.3 is 5.97 Å². The summed E-state index contributed by atoms with van der Waals surface area (Å²) in [6.45, 7) is 4.77. The van der Waals surface area contributed by atoms with Gasteiger partial charge in [-0.15, -0.1) is 11.3 Å².